The smallest absolute Gasteiger partial charge is 0.273 e. The molecule has 2 aromatic rings. The number of ether oxygens (including phenoxy) is 1. The molecular formula is C14H13FN2O3. The Morgan fingerprint density at radius 2 is 1.95 bits per heavy atom. The third-order valence-corrected chi connectivity index (χ3v) is 2.79. The highest BCUT2D eigenvalue weighted by Crippen LogP contribution is 2.29. The third kappa shape index (κ3) is 3.23. The van der Waals surface area contributed by atoms with E-state index in [4.69, 9.17) is 4.74 Å². The zero-order valence-corrected chi connectivity index (χ0v) is 10.8. The van der Waals surface area contributed by atoms with Crippen molar-refractivity contribution < 1.29 is 14.1 Å². The van der Waals surface area contributed by atoms with Gasteiger partial charge in [-0.25, -0.2) is 4.39 Å². The molecule has 0 saturated carbocycles. The van der Waals surface area contributed by atoms with Crippen LogP contribution in [0.2, 0.25) is 0 Å². The lowest BCUT2D eigenvalue weighted by molar-refractivity contribution is -0.384. The van der Waals surface area contributed by atoms with Crippen molar-refractivity contribution >= 4 is 11.4 Å². The first-order chi connectivity index (χ1) is 9.60. The molecule has 0 amide bonds. The second kappa shape index (κ2) is 6.01. The highest BCUT2D eigenvalue weighted by Gasteiger charge is 2.11. The Balaban J connectivity index is 2.12. The fourth-order valence-corrected chi connectivity index (χ4v) is 1.74. The Hall–Kier alpha value is -2.63. The monoisotopic (exact) mass is 276 g/mol. The molecule has 0 spiro atoms. The van der Waals surface area contributed by atoms with E-state index >= 15 is 0 Å². The number of non-ortho nitro benzene ring substituents is 1. The van der Waals surface area contributed by atoms with Crippen LogP contribution in [0.25, 0.3) is 0 Å². The number of nitrogens with one attached hydrogen (secondary N) is 1. The van der Waals surface area contributed by atoms with E-state index in [0.717, 1.165) is 5.56 Å². The molecule has 0 aromatic heterocycles. The van der Waals surface area contributed by atoms with Gasteiger partial charge in [0.2, 0.25) is 0 Å². The topological polar surface area (TPSA) is 64.4 Å². The molecule has 0 aliphatic carbocycles. The molecule has 0 heterocycles. The van der Waals surface area contributed by atoms with E-state index in [9.17, 15) is 14.5 Å². The van der Waals surface area contributed by atoms with Gasteiger partial charge in [0.05, 0.1) is 23.8 Å². The maximum Gasteiger partial charge on any atom is 0.273 e. The van der Waals surface area contributed by atoms with Gasteiger partial charge in [-0.05, 0) is 23.8 Å². The number of halogens is 1. The molecular weight excluding hydrogens is 263 g/mol. The molecule has 0 aliphatic rings. The van der Waals surface area contributed by atoms with Crippen molar-refractivity contribution in [2.24, 2.45) is 0 Å². The summed E-state index contributed by atoms with van der Waals surface area (Å²) in [6.45, 7) is 0.467. The first-order valence-electron chi connectivity index (χ1n) is 5.91. The molecule has 5 nitrogen and oxygen atoms in total. The zero-order valence-electron chi connectivity index (χ0n) is 10.8. The minimum Gasteiger partial charge on any atom is -0.494 e. The lowest BCUT2D eigenvalue weighted by Crippen LogP contribution is -2.02. The molecule has 20 heavy (non-hydrogen) atoms. The van der Waals surface area contributed by atoms with E-state index < -0.39 is 4.92 Å². The van der Waals surface area contributed by atoms with Crippen molar-refractivity contribution in [1.29, 1.82) is 0 Å². The third-order valence-electron chi connectivity index (χ3n) is 2.79. The summed E-state index contributed by atoms with van der Waals surface area (Å²) in [5.74, 6) is 0.1000. The van der Waals surface area contributed by atoms with Crippen LogP contribution in [0, 0.1) is 15.9 Å². The maximum absolute atomic E-state index is 12.8. The maximum atomic E-state index is 12.8. The van der Waals surface area contributed by atoms with Crippen molar-refractivity contribution in [3.63, 3.8) is 0 Å². The molecule has 0 unspecified atom stereocenters. The summed E-state index contributed by atoms with van der Waals surface area (Å²) in [7, 11) is 1.45. The van der Waals surface area contributed by atoms with Crippen molar-refractivity contribution in [1.82, 2.24) is 0 Å². The predicted octanol–water partition coefficient (Wildman–Crippen LogP) is 3.35. The zero-order chi connectivity index (χ0) is 14.5. The molecule has 0 bridgehead atoms. The molecule has 0 saturated heterocycles. The van der Waals surface area contributed by atoms with Crippen LogP contribution >= 0.6 is 0 Å². The minimum absolute atomic E-state index is 0.0332. The van der Waals surface area contributed by atoms with Crippen LogP contribution in [0.15, 0.2) is 42.5 Å². The van der Waals surface area contributed by atoms with Crippen LogP contribution in [0.4, 0.5) is 15.8 Å². The average molecular weight is 276 g/mol. The fourth-order valence-electron chi connectivity index (χ4n) is 1.74. The molecule has 2 aromatic carbocycles. The standard InChI is InChI=1S/C14H13FN2O3/c1-20-14-8-12(17(18)19)6-7-13(14)16-9-10-2-4-11(15)5-3-10/h2-8,16H,9H2,1H3. The van der Waals surface area contributed by atoms with E-state index in [1.807, 2.05) is 0 Å². The highest BCUT2D eigenvalue weighted by atomic mass is 19.1. The molecule has 0 fully saturated rings. The fraction of sp³-hybridized carbons (Fsp3) is 0.143. The van der Waals surface area contributed by atoms with E-state index in [0.29, 0.717) is 18.0 Å². The summed E-state index contributed by atoms with van der Waals surface area (Å²) in [6, 6.07) is 10.4. The number of hydrogen-bond acceptors (Lipinski definition) is 4. The van der Waals surface area contributed by atoms with Crippen LogP contribution in [0.3, 0.4) is 0 Å². The summed E-state index contributed by atoms with van der Waals surface area (Å²) >= 11 is 0. The Kier molecular flexibility index (Phi) is 4.14. The molecule has 1 N–H and O–H groups in total. The van der Waals surface area contributed by atoms with Crippen molar-refractivity contribution in [2.45, 2.75) is 6.54 Å². The second-order valence-electron chi connectivity index (χ2n) is 4.12. The van der Waals surface area contributed by atoms with E-state index in [-0.39, 0.29) is 11.5 Å². The quantitative estimate of drug-likeness (QED) is 0.671. The van der Waals surface area contributed by atoms with Crippen LogP contribution in [0.5, 0.6) is 5.75 Å². The largest absolute Gasteiger partial charge is 0.494 e. The van der Waals surface area contributed by atoms with E-state index in [1.165, 1.54) is 31.4 Å². The van der Waals surface area contributed by atoms with Crippen molar-refractivity contribution in [2.75, 3.05) is 12.4 Å². The number of rotatable bonds is 5. The normalized spacial score (nSPS) is 10.1. The average Bonchev–Trinajstić information content (AvgIpc) is 2.46. The molecule has 0 aliphatic heterocycles. The summed E-state index contributed by atoms with van der Waals surface area (Å²) < 4.78 is 17.9. The number of anilines is 1. The lowest BCUT2D eigenvalue weighted by atomic mass is 10.2. The predicted molar refractivity (Wildman–Crippen MR) is 73.4 cm³/mol. The van der Waals surface area contributed by atoms with E-state index in [2.05, 4.69) is 5.32 Å². The van der Waals surface area contributed by atoms with Gasteiger partial charge in [0, 0.05) is 12.6 Å². The van der Waals surface area contributed by atoms with Gasteiger partial charge in [0.1, 0.15) is 11.6 Å². The molecule has 104 valence electrons. The van der Waals surface area contributed by atoms with Crippen LogP contribution < -0.4 is 10.1 Å². The van der Waals surface area contributed by atoms with Gasteiger partial charge in [-0.3, -0.25) is 10.1 Å². The first-order valence-corrected chi connectivity index (χ1v) is 5.91. The molecule has 2 rings (SSSR count). The van der Waals surface area contributed by atoms with Crippen LogP contribution in [-0.2, 0) is 6.54 Å². The van der Waals surface area contributed by atoms with Gasteiger partial charge < -0.3 is 10.1 Å². The van der Waals surface area contributed by atoms with Gasteiger partial charge in [0.25, 0.3) is 5.69 Å². The number of benzene rings is 2. The summed E-state index contributed by atoms with van der Waals surface area (Å²) in [5, 5.41) is 13.8. The summed E-state index contributed by atoms with van der Waals surface area (Å²) in [4.78, 5) is 10.2. The SMILES string of the molecule is COc1cc([N+](=O)[O-])ccc1NCc1ccc(F)cc1. The van der Waals surface area contributed by atoms with Crippen molar-refractivity contribution in [3.05, 3.63) is 64.0 Å². The van der Waals surface area contributed by atoms with Crippen LogP contribution in [-0.4, -0.2) is 12.0 Å². The van der Waals surface area contributed by atoms with Crippen molar-refractivity contribution in [3.8, 4) is 5.75 Å². The van der Waals surface area contributed by atoms with Crippen LogP contribution in [0.1, 0.15) is 5.56 Å². The Bertz CT molecular complexity index is 614. The summed E-state index contributed by atoms with van der Waals surface area (Å²) in [5.41, 5.74) is 1.50. The van der Waals surface area contributed by atoms with Gasteiger partial charge in [0.15, 0.2) is 0 Å². The number of nitro benzene ring substituents is 1. The van der Waals surface area contributed by atoms with E-state index in [1.54, 1.807) is 18.2 Å². The lowest BCUT2D eigenvalue weighted by Gasteiger charge is -2.11. The van der Waals surface area contributed by atoms with Gasteiger partial charge in [-0.2, -0.15) is 0 Å². The molecule has 6 heteroatoms. The second-order valence-corrected chi connectivity index (χ2v) is 4.12. The van der Waals surface area contributed by atoms with Gasteiger partial charge in [-0.15, -0.1) is 0 Å². The Labute approximate surface area is 115 Å². The molecule has 0 atom stereocenters. The Morgan fingerprint density at radius 3 is 2.55 bits per heavy atom. The highest BCUT2D eigenvalue weighted by molar-refractivity contribution is 5.60. The number of hydrogen-bond donors (Lipinski definition) is 1. The number of nitrogens with zero attached hydrogens (tertiary/aromatic N) is 1. The summed E-state index contributed by atoms with van der Waals surface area (Å²) in [6.07, 6.45) is 0. The number of methoxy groups -OCH3 is 1. The van der Waals surface area contributed by atoms with Gasteiger partial charge >= 0.3 is 0 Å². The van der Waals surface area contributed by atoms with Gasteiger partial charge in [-0.1, -0.05) is 12.1 Å². The minimum atomic E-state index is -0.480. The molecule has 0 radical (unpaired) electrons. The number of nitro groups is 1. The Morgan fingerprint density at radius 1 is 1.25 bits per heavy atom. The first kappa shape index (κ1) is 13.8.